The van der Waals surface area contributed by atoms with Crippen molar-refractivity contribution in [3.8, 4) is 0 Å². The molecule has 6 nitrogen and oxygen atoms in total. The lowest BCUT2D eigenvalue weighted by molar-refractivity contribution is -0.141. The summed E-state index contributed by atoms with van der Waals surface area (Å²) in [4.78, 5) is 27.0. The Labute approximate surface area is 123 Å². The molecule has 2 unspecified atom stereocenters. The zero-order valence-electron chi connectivity index (χ0n) is 12.0. The van der Waals surface area contributed by atoms with E-state index in [-0.39, 0.29) is 12.1 Å². The van der Waals surface area contributed by atoms with E-state index in [1.165, 1.54) is 17.7 Å². The molecule has 0 aromatic carbocycles. The van der Waals surface area contributed by atoms with Gasteiger partial charge in [0.05, 0.1) is 0 Å². The second-order valence-corrected chi connectivity index (χ2v) is 6.70. The molecule has 2 rings (SSSR count). The van der Waals surface area contributed by atoms with Gasteiger partial charge in [0.1, 0.15) is 6.04 Å². The Kier molecular flexibility index (Phi) is 5.15. The van der Waals surface area contributed by atoms with Gasteiger partial charge in [0.2, 0.25) is 0 Å². The zero-order valence-corrected chi connectivity index (χ0v) is 12.9. The largest absolute Gasteiger partial charge is 0.480 e. The lowest BCUT2D eigenvalue weighted by atomic mass is 10.2. The van der Waals surface area contributed by atoms with Gasteiger partial charge in [0, 0.05) is 36.7 Å². The normalized spacial score (nSPS) is 24.6. The fourth-order valence-electron chi connectivity index (χ4n) is 2.37. The van der Waals surface area contributed by atoms with E-state index in [0.717, 1.165) is 5.75 Å². The molecule has 0 aromatic rings. The number of hydrogen-bond donors (Lipinski definition) is 2. The van der Waals surface area contributed by atoms with Crippen LogP contribution in [0.15, 0.2) is 0 Å². The van der Waals surface area contributed by atoms with Gasteiger partial charge < -0.3 is 15.3 Å². The zero-order chi connectivity index (χ0) is 14.7. The molecule has 2 atom stereocenters. The van der Waals surface area contributed by atoms with Crippen LogP contribution in [-0.2, 0) is 4.79 Å². The highest BCUT2D eigenvalue weighted by Crippen LogP contribution is 2.26. The lowest BCUT2D eigenvalue weighted by Gasteiger charge is -2.33. The predicted molar refractivity (Wildman–Crippen MR) is 79.1 cm³/mol. The minimum Gasteiger partial charge on any atom is -0.480 e. The van der Waals surface area contributed by atoms with Crippen molar-refractivity contribution < 1.29 is 14.7 Å². The molecule has 1 saturated carbocycles. The van der Waals surface area contributed by atoms with Crippen molar-refractivity contribution in [1.82, 2.24) is 15.1 Å². The monoisotopic (exact) mass is 301 g/mol. The number of nitrogens with one attached hydrogen (secondary N) is 1. The first kappa shape index (κ1) is 15.4. The van der Waals surface area contributed by atoms with Gasteiger partial charge in [0.15, 0.2) is 0 Å². The topological polar surface area (TPSA) is 72.9 Å². The number of carbonyl (C=O) groups excluding carboxylic acids is 1. The van der Waals surface area contributed by atoms with Gasteiger partial charge in [-0.2, -0.15) is 11.8 Å². The van der Waals surface area contributed by atoms with Crippen LogP contribution in [0.5, 0.6) is 0 Å². The first-order valence-corrected chi connectivity index (χ1v) is 8.23. The van der Waals surface area contributed by atoms with Gasteiger partial charge in [0.25, 0.3) is 0 Å². The van der Waals surface area contributed by atoms with E-state index >= 15 is 0 Å². The van der Waals surface area contributed by atoms with Crippen LogP contribution < -0.4 is 5.32 Å². The van der Waals surface area contributed by atoms with Gasteiger partial charge in [-0.25, -0.2) is 9.59 Å². The Morgan fingerprint density at radius 3 is 2.80 bits per heavy atom. The molecule has 20 heavy (non-hydrogen) atoms. The Balaban J connectivity index is 1.81. The molecule has 1 saturated heterocycles. The maximum absolute atomic E-state index is 12.1. The number of amides is 2. The van der Waals surface area contributed by atoms with Crippen LogP contribution in [0.4, 0.5) is 4.79 Å². The van der Waals surface area contributed by atoms with Gasteiger partial charge in [-0.3, -0.25) is 4.90 Å². The molecule has 7 heteroatoms. The standard InChI is InChI=1S/C13H23N3O3S/c1-9(15(2)10-3-4-10)7-14-13(19)16-5-6-20-8-11(16)12(17)18/h9-11H,3-8H2,1-2H3,(H,14,19)(H,17,18). The Hall–Kier alpha value is -0.950. The number of likely N-dealkylation sites (N-methyl/N-ethyl adjacent to an activating group) is 1. The summed E-state index contributed by atoms with van der Waals surface area (Å²) >= 11 is 1.58. The number of urea groups is 1. The average Bonchev–Trinajstić information content (AvgIpc) is 3.28. The van der Waals surface area contributed by atoms with E-state index in [4.69, 9.17) is 5.11 Å². The third-order valence-corrected chi connectivity index (χ3v) is 5.06. The molecule has 0 spiro atoms. The maximum atomic E-state index is 12.1. The first-order valence-electron chi connectivity index (χ1n) is 7.07. The van der Waals surface area contributed by atoms with Crippen LogP contribution in [0, 0.1) is 0 Å². The first-order chi connectivity index (χ1) is 9.50. The molecule has 114 valence electrons. The molecule has 1 aliphatic carbocycles. The molecule has 2 aliphatic rings. The van der Waals surface area contributed by atoms with E-state index in [9.17, 15) is 9.59 Å². The third-order valence-electron chi connectivity index (χ3n) is 4.04. The number of rotatable bonds is 5. The quantitative estimate of drug-likeness (QED) is 0.781. The number of hydrogen-bond acceptors (Lipinski definition) is 4. The van der Waals surface area contributed by atoms with Crippen molar-refractivity contribution in [3.05, 3.63) is 0 Å². The molecule has 2 fully saturated rings. The summed E-state index contributed by atoms with van der Waals surface area (Å²) in [5, 5.41) is 12.0. The second kappa shape index (κ2) is 6.67. The maximum Gasteiger partial charge on any atom is 0.327 e. The lowest BCUT2D eigenvalue weighted by Crippen LogP contribution is -2.55. The molecule has 1 heterocycles. The average molecular weight is 301 g/mol. The predicted octanol–water partition coefficient (Wildman–Crippen LogP) is 0.681. The molecule has 2 amide bonds. The second-order valence-electron chi connectivity index (χ2n) is 5.55. The van der Waals surface area contributed by atoms with Crippen molar-refractivity contribution in [1.29, 1.82) is 0 Å². The van der Waals surface area contributed by atoms with Crippen molar-refractivity contribution in [2.45, 2.75) is 37.9 Å². The summed E-state index contributed by atoms with van der Waals surface area (Å²) in [6.07, 6.45) is 2.47. The van der Waals surface area contributed by atoms with E-state index < -0.39 is 12.0 Å². The van der Waals surface area contributed by atoms with Crippen LogP contribution >= 0.6 is 11.8 Å². The van der Waals surface area contributed by atoms with Gasteiger partial charge in [-0.05, 0) is 26.8 Å². The minimum absolute atomic E-state index is 0.256. The van der Waals surface area contributed by atoms with Gasteiger partial charge in [-0.15, -0.1) is 0 Å². The SMILES string of the molecule is CC(CNC(=O)N1CCSCC1C(=O)O)N(C)C1CC1. The summed E-state index contributed by atoms with van der Waals surface area (Å²) in [5.74, 6) is 0.352. The van der Waals surface area contributed by atoms with Crippen LogP contribution in [-0.4, -0.2) is 76.7 Å². The Morgan fingerprint density at radius 2 is 2.20 bits per heavy atom. The highest BCUT2D eigenvalue weighted by atomic mass is 32.2. The van der Waals surface area contributed by atoms with Crippen LogP contribution in [0.2, 0.25) is 0 Å². The van der Waals surface area contributed by atoms with Crippen molar-refractivity contribution in [2.75, 3.05) is 31.6 Å². The van der Waals surface area contributed by atoms with Crippen molar-refractivity contribution in [3.63, 3.8) is 0 Å². The fourth-order valence-corrected chi connectivity index (χ4v) is 3.41. The minimum atomic E-state index is -0.921. The highest BCUT2D eigenvalue weighted by Gasteiger charge is 2.33. The van der Waals surface area contributed by atoms with E-state index in [0.29, 0.717) is 24.9 Å². The number of nitrogens with zero attached hydrogens (tertiary/aromatic N) is 2. The Bertz CT molecular complexity index is 376. The Morgan fingerprint density at radius 1 is 1.50 bits per heavy atom. The van der Waals surface area contributed by atoms with Crippen LogP contribution in [0.25, 0.3) is 0 Å². The fraction of sp³-hybridized carbons (Fsp3) is 0.846. The molecular weight excluding hydrogens is 278 g/mol. The smallest absolute Gasteiger partial charge is 0.327 e. The summed E-state index contributed by atoms with van der Waals surface area (Å²) in [6.45, 7) is 3.14. The highest BCUT2D eigenvalue weighted by molar-refractivity contribution is 7.99. The van der Waals surface area contributed by atoms with E-state index in [2.05, 4.69) is 24.2 Å². The van der Waals surface area contributed by atoms with E-state index in [1.54, 1.807) is 11.8 Å². The van der Waals surface area contributed by atoms with Crippen molar-refractivity contribution in [2.24, 2.45) is 0 Å². The summed E-state index contributed by atoms with van der Waals surface area (Å²) in [5.41, 5.74) is 0. The van der Waals surface area contributed by atoms with Gasteiger partial charge in [-0.1, -0.05) is 0 Å². The summed E-state index contributed by atoms with van der Waals surface area (Å²) < 4.78 is 0. The molecule has 1 aliphatic heterocycles. The van der Waals surface area contributed by atoms with Crippen LogP contribution in [0.3, 0.4) is 0 Å². The van der Waals surface area contributed by atoms with E-state index in [1.807, 2.05) is 0 Å². The number of aliphatic carboxylic acids is 1. The molecule has 0 aromatic heterocycles. The molecule has 0 radical (unpaired) electrons. The van der Waals surface area contributed by atoms with Crippen molar-refractivity contribution >= 4 is 23.8 Å². The van der Waals surface area contributed by atoms with Crippen LogP contribution in [0.1, 0.15) is 19.8 Å². The van der Waals surface area contributed by atoms with Gasteiger partial charge >= 0.3 is 12.0 Å². The summed E-state index contributed by atoms with van der Waals surface area (Å²) in [6, 6.07) is -0.0343. The third kappa shape index (κ3) is 3.79. The number of thioether (sulfide) groups is 1. The molecular formula is C13H23N3O3S. The molecule has 2 N–H and O–H groups in total. The summed E-state index contributed by atoms with van der Waals surface area (Å²) in [7, 11) is 2.08. The number of carboxylic acid groups (broad SMARTS) is 1. The molecule has 0 bridgehead atoms. The number of carboxylic acids is 1. The number of carbonyl (C=O) groups is 2.